The van der Waals surface area contributed by atoms with E-state index in [1.54, 1.807) is 0 Å². The molecule has 1 aliphatic carbocycles. The van der Waals surface area contributed by atoms with E-state index in [9.17, 15) is 4.79 Å². The van der Waals surface area contributed by atoms with Gasteiger partial charge in [-0.05, 0) is 19.3 Å². The summed E-state index contributed by atoms with van der Waals surface area (Å²) < 4.78 is 0. The molecule has 1 fully saturated rings. The normalized spacial score (nSPS) is 24.2. The van der Waals surface area contributed by atoms with E-state index < -0.39 is 0 Å². The van der Waals surface area contributed by atoms with E-state index in [-0.39, 0.29) is 23.3 Å². The molecule has 2 atom stereocenters. The standard InChI is InChI=1S/C13H21N3OS/c1-13(2,3)10-7-18-12(15-10)16-11(17)8-4-5-9(14)6-8/h7-9H,4-6,14H2,1-3H3,(H,15,16,17). The van der Waals surface area contributed by atoms with Crippen molar-refractivity contribution >= 4 is 22.4 Å². The summed E-state index contributed by atoms with van der Waals surface area (Å²) in [5.74, 6) is 0.125. The van der Waals surface area contributed by atoms with Crippen LogP contribution in [0.4, 0.5) is 5.13 Å². The summed E-state index contributed by atoms with van der Waals surface area (Å²) >= 11 is 1.49. The Kier molecular flexibility index (Phi) is 3.73. The van der Waals surface area contributed by atoms with E-state index in [1.807, 2.05) is 5.38 Å². The first-order valence-corrected chi connectivity index (χ1v) is 7.26. The molecule has 1 aromatic rings. The number of amides is 1. The molecule has 18 heavy (non-hydrogen) atoms. The van der Waals surface area contributed by atoms with Gasteiger partial charge in [0.25, 0.3) is 0 Å². The number of nitrogens with zero attached hydrogens (tertiary/aromatic N) is 1. The van der Waals surface area contributed by atoms with Crippen molar-refractivity contribution in [1.29, 1.82) is 0 Å². The zero-order valence-corrected chi connectivity index (χ0v) is 12.0. The predicted octanol–water partition coefficient (Wildman–Crippen LogP) is 2.51. The Morgan fingerprint density at radius 1 is 1.50 bits per heavy atom. The molecule has 0 radical (unpaired) electrons. The fourth-order valence-electron chi connectivity index (χ4n) is 2.14. The third-order valence-corrected chi connectivity index (χ3v) is 4.10. The number of anilines is 1. The molecule has 100 valence electrons. The minimum absolute atomic E-state index is 0.0230. The van der Waals surface area contributed by atoms with Gasteiger partial charge in [0.2, 0.25) is 5.91 Å². The summed E-state index contributed by atoms with van der Waals surface area (Å²) in [6.07, 6.45) is 2.64. The fraction of sp³-hybridized carbons (Fsp3) is 0.692. The number of rotatable bonds is 2. The lowest BCUT2D eigenvalue weighted by Crippen LogP contribution is -2.23. The van der Waals surface area contributed by atoms with Crippen molar-refractivity contribution in [3.8, 4) is 0 Å². The first-order valence-electron chi connectivity index (χ1n) is 6.38. The smallest absolute Gasteiger partial charge is 0.229 e. The number of carbonyl (C=O) groups excluding carboxylic acids is 1. The van der Waals surface area contributed by atoms with Crippen LogP contribution in [0.3, 0.4) is 0 Å². The first kappa shape index (κ1) is 13.5. The Hall–Kier alpha value is -0.940. The van der Waals surface area contributed by atoms with Crippen molar-refractivity contribution in [2.24, 2.45) is 11.7 Å². The van der Waals surface area contributed by atoms with E-state index in [1.165, 1.54) is 11.3 Å². The summed E-state index contributed by atoms with van der Waals surface area (Å²) in [5.41, 5.74) is 6.87. The molecule has 1 aliphatic rings. The van der Waals surface area contributed by atoms with Crippen molar-refractivity contribution in [3.05, 3.63) is 11.1 Å². The highest BCUT2D eigenvalue weighted by Crippen LogP contribution is 2.29. The molecule has 1 saturated carbocycles. The molecule has 3 N–H and O–H groups in total. The number of nitrogens with one attached hydrogen (secondary N) is 1. The van der Waals surface area contributed by atoms with Crippen molar-refractivity contribution in [2.45, 2.75) is 51.5 Å². The topological polar surface area (TPSA) is 68.0 Å². The van der Waals surface area contributed by atoms with Gasteiger partial charge in [0.15, 0.2) is 5.13 Å². The SMILES string of the molecule is CC(C)(C)c1csc(NC(=O)C2CCC(N)C2)n1. The molecule has 0 aliphatic heterocycles. The van der Waals surface area contributed by atoms with Gasteiger partial charge < -0.3 is 11.1 Å². The number of aromatic nitrogens is 1. The molecule has 0 aromatic carbocycles. The highest BCUT2D eigenvalue weighted by Gasteiger charge is 2.28. The van der Waals surface area contributed by atoms with Crippen LogP contribution in [-0.2, 0) is 10.2 Å². The van der Waals surface area contributed by atoms with Gasteiger partial charge in [-0.25, -0.2) is 4.98 Å². The van der Waals surface area contributed by atoms with Gasteiger partial charge in [0, 0.05) is 22.8 Å². The third kappa shape index (κ3) is 3.09. The Balaban J connectivity index is 1.97. The van der Waals surface area contributed by atoms with Crippen molar-refractivity contribution in [3.63, 3.8) is 0 Å². The Morgan fingerprint density at radius 2 is 2.22 bits per heavy atom. The van der Waals surface area contributed by atoms with E-state index >= 15 is 0 Å². The maximum Gasteiger partial charge on any atom is 0.229 e. The average Bonchev–Trinajstić information content (AvgIpc) is 2.85. The average molecular weight is 267 g/mol. The third-order valence-electron chi connectivity index (χ3n) is 3.35. The van der Waals surface area contributed by atoms with Crippen molar-refractivity contribution in [2.75, 3.05) is 5.32 Å². The molecule has 1 heterocycles. The molecule has 2 rings (SSSR count). The lowest BCUT2D eigenvalue weighted by atomic mass is 9.93. The van der Waals surface area contributed by atoms with Crippen LogP contribution in [0.25, 0.3) is 0 Å². The molecule has 1 aromatic heterocycles. The van der Waals surface area contributed by atoms with E-state index in [0.717, 1.165) is 25.0 Å². The number of hydrogen-bond acceptors (Lipinski definition) is 4. The van der Waals surface area contributed by atoms with E-state index in [2.05, 4.69) is 31.1 Å². The Bertz CT molecular complexity index is 436. The molecule has 5 heteroatoms. The number of hydrogen-bond donors (Lipinski definition) is 2. The number of nitrogens with two attached hydrogens (primary N) is 1. The maximum atomic E-state index is 12.0. The van der Waals surface area contributed by atoms with Gasteiger partial charge in [0.1, 0.15) is 0 Å². The Labute approximate surface area is 112 Å². The van der Waals surface area contributed by atoms with Crippen molar-refractivity contribution in [1.82, 2.24) is 4.98 Å². The van der Waals surface area contributed by atoms with Gasteiger partial charge in [0.05, 0.1) is 5.69 Å². The van der Waals surface area contributed by atoms with Crippen LogP contribution >= 0.6 is 11.3 Å². The second kappa shape index (κ2) is 4.97. The number of carbonyl (C=O) groups is 1. The van der Waals surface area contributed by atoms with Crippen LogP contribution in [0.1, 0.15) is 45.7 Å². The van der Waals surface area contributed by atoms with Crippen LogP contribution in [0, 0.1) is 5.92 Å². The molecule has 0 saturated heterocycles. The van der Waals surface area contributed by atoms with Crippen LogP contribution < -0.4 is 11.1 Å². The monoisotopic (exact) mass is 267 g/mol. The lowest BCUT2D eigenvalue weighted by Gasteiger charge is -2.14. The molecular formula is C13H21N3OS. The highest BCUT2D eigenvalue weighted by atomic mass is 32.1. The summed E-state index contributed by atoms with van der Waals surface area (Å²) in [7, 11) is 0. The van der Waals surface area contributed by atoms with Crippen LogP contribution in [0.5, 0.6) is 0 Å². The molecule has 1 amide bonds. The summed E-state index contributed by atoms with van der Waals surface area (Å²) in [6, 6.07) is 0.183. The van der Waals surface area contributed by atoms with Crippen LogP contribution in [-0.4, -0.2) is 16.9 Å². The maximum absolute atomic E-state index is 12.0. The molecule has 2 unspecified atom stereocenters. The van der Waals surface area contributed by atoms with Crippen molar-refractivity contribution < 1.29 is 4.79 Å². The number of thiazole rings is 1. The summed E-state index contributed by atoms with van der Waals surface area (Å²) in [5, 5.41) is 5.62. The van der Waals surface area contributed by atoms with Crippen LogP contribution in [0.15, 0.2) is 5.38 Å². The fourth-order valence-corrected chi connectivity index (χ4v) is 3.08. The summed E-state index contributed by atoms with van der Waals surface area (Å²) in [4.78, 5) is 16.5. The van der Waals surface area contributed by atoms with Gasteiger partial charge in [-0.15, -0.1) is 11.3 Å². The van der Waals surface area contributed by atoms with Gasteiger partial charge in [-0.2, -0.15) is 0 Å². The molecule has 0 bridgehead atoms. The molecule has 0 spiro atoms. The predicted molar refractivity (Wildman–Crippen MR) is 74.8 cm³/mol. The minimum atomic E-state index is 0.0230. The zero-order chi connectivity index (χ0) is 13.3. The summed E-state index contributed by atoms with van der Waals surface area (Å²) in [6.45, 7) is 6.34. The highest BCUT2D eigenvalue weighted by molar-refractivity contribution is 7.13. The lowest BCUT2D eigenvalue weighted by molar-refractivity contribution is -0.119. The quantitative estimate of drug-likeness (QED) is 0.865. The van der Waals surface area contributed by atoms with Gasteiger partial charge in [-0.1, -0.05) is 20.8 Å². The first-order chi connectivity index (χ1) is 8.36. The van der Waals surface area contributed by atoms with E-state index in [4.69, 9.17) is 5.73 Å². The second-order valence-corrected chi connectivity index (χ2v) is 6.91. The Morgan fingerprint density at radius 3 is 2.72 bits per heavy atom. The molecular weight excluding hydrogens is 246 g/mol. The largest absolute Gasteiger partial charge is 0.328 e. The van der Waals surface area contributed by atoms with Gasteiger partial charge in [-0.3, -0.25) is 4.79 Å². The van der Waals surface area contributed by atoms with Crippen LogP contribution in [0.2, 0.25) is 0 Å². The van der Waals surface area contributed by atoms with Gasteiger partial charge >= 0.3 is 0 Å². The molecule has 4 nitrogen and oxygen atoms in total. The minimum Gasteiger partial charge on any atom is -0.328 e. The van der Waals surface area contributed by atoms with E-state index in [0.29, 0.717) is 5.13 Å². The second-order valence-electron chi connectivity index (χ2n) is 6.05. The zero-order valence-electron chi connectivity index (χ0n) is 11.2.